The molecule has 1 aliphatic rings. The van der Waals surface area contributed by atoms with Crippen LogP contribution in [0.15, 0.2) is 0 Å². The highest BCUT2D eigenvalue weighted by molar-refractivity contribution is 5.75. The molecule has 2 atom stereocenters. The molecule has 18 heavy (non-hydrogen) atoms. The summed E-state index contributed by atoms with van der Waals surface area (Å²) in [5, 5.41) is 0. The Morgan fingerprint density at radius 2 is 2.00 bits per heavy atom. The number of carbonyl (C=O) groups is 1. The predicted molar refractivity (Wildman–Crippen MR) is 73.3 cm³/mol. The second-order valence-corrected chi connectivity index (χ2v) is 5.29. The van der Waals surface area contributed by atoms with Crippen molar-refractivity contribution in [1.29, 1.82) is 0 Å². The Balaban J connectivity index is 2.52. The van der Waals surface area contributed by atoms with E-state index in [2.05, 4.69) is 18.7 Å². The van der Waals surface area contributed by atoms with E-state index in [1.165, 1.54) is 0 Å². The van der Waals surface area contributed by atoms with Gasteiger partial charge >= 0.3 is 5.97 Å². The van der Waals surface area contributed by atoms with Crippen molar-refractivity contribution in [3.05, 3.63) is 0 Å². The van der Waals surface area contributed by atoms with E-state index in [-0.39, 0.29) is 18.1 Å². The number of hydrogen-bond acceptors (Lipinski definition) is 4. The summed E-state index contributed by atoms with van der Waals surface area (Å²) < 4.78 is 5.18. The van der Waals surface area contributed by atoms with Gasteiger partial charge in [0.15, 0.2) is 0 Å². The van der Waals surface area contributed by atoms with Gasteiger partial charge in [-0.25, -0.2) is 0 Å². The molecule has 1 fully saturated rings. The van der Waals surface area contributed by atoms with Gasteiger partial charge < -0.3 is 10.5 Å². The molecule has 2 N–H and O–H groups in total. The fourth-order valence-electron chi connectivity index (χ4n) is 2.72. The molecule has 1 aliphatic heterocycles. The number of likely N-dealkylation sites (tertiary alicyclic amines) is 1. The third-order valence-corrected chi connectivity index (χ3v) is 3.88. The lowest BCUT2D eigenvalue weighted by molar-refractivity contribution is -0.150. The van der Waals surface area contributed by atoms with Crippen molar-refractivity contribution in [2.24, 2.45) is 11.7 Å². The lowest BCUT2D eigenvalue weighted by atomic mass is 9.90. The van der Waals surface area contributed by atoms with Gasteiger partial charge in [0.2, 0.25) is 0 Å². The fourth-order valence-corrected chi connectivity index (χ4v) is 2.72. The molecule has 0 aromatic carbocycles. The average molecular weight is 256 g/mol. The van der Waals surface area contributed by atoms with Gasteiger partial charge in [-0.05, 0) is 52.1 Å². The Morgan fingerprint density at radius 1 is 1.39 bits per heavy atom. The third-order valence-electron chi connectivity index (χ3n) is 3.88. The molecule has 0 radical (unpaired) electrons. The number of nitrogens with zero attached hydrogens (tertiary/aromatic N) is 1. The maximum atomic E-state index is 12.0. The standard InChI is InChI=1S/C14H28N2O2/c1-4-6-13(14(17)18-5-2)16-9-7-12(8-10-16)11(3)15/h11-13H,4-10,15H2,1-3H3. The predicted octanol–water partition coefficient (Wildman–Crippen LogP) is 1.78. The molecule has 2 unspecified atom stereocenters. The van der Waals surface area contributed by atoms with Gasteiger partial charge in [-0.1, -0.05) is 13.3 Å². The van der Waals surface area contributed by atoms with E-state index < -0.39 is 0 Å². The van der Waals surface area contributed by atoms with Crippen LogP contribution in [0.25, 0.3) is 0 Å². The van der Waals surface area contributed by atoms with Gasteiger partial charge in [0.05, 0.1) is 6.61 Å². The SMILES string of the molecule is CCCC(C(=O)OCC)N1CCC(C(C)N)CC1. The van der Waals surface area contributed by atoms with Gasteiger partial charge in [-0.15, -0.1) is 0 Å². The second-order valence-electron chi connectivity index (χ2n) is 5.29. The summed E-state index contributed by atoms with van der Waals surface area (Å²) in [5.74, 6) is 0.546. The summed E-state index contributed by atoms with van der Waals surface area (Å²) in [6.45, 7) is 8.46. The summed E-state index contributed by atoms with van der Waals surface area (Å²) in [4.78, 5) is 14.2. The maximum absolute atomic E-state index is 12.0. The Morgan fingerprint density at radius 3 is 2.44 bits per heavy atom. The molecule has 0 amide bonds. The van der Waals surface area contributed by atoms with E-state index in [1.807, 2.05) is 6.92 Å². The summed E-state index contributed by atoms with van der Waals surface area (Å²) in [6.07, 6.45) is 4.09. The van der Waals surface area contributed by atoms with Crippen molar-refractivity contribution >= 4 is 5.97 Å². The zero-order valence-electron chi connectivity index (χ0n) is 12.0. The van der Waals surface area contributed by atoms with Crippen molar-refractivity contribution in [2.75, 3.05) is 19.7 Å². The molecule has 4 nitrogen and oxygen atoms in total. The van der Waals surface area contributed by atoms with Gasteiger partial charge in [-0.2, -0.15) is 0 Å². The van der Waals surface area contributed by atoms with Crippen LogP contribution in [0.2, 0.25) is 0 Å². The Hall–Kier alpha value is -0.610. The number of esters is 1. The minimum Gasteiger partial charge on any atom is -0.465 e. The van der Waals surface area contributed by atoms with Crippen molar-refractivity contribution < 1.29 is 9.53 Å². The summed E-state index contributed by atoms with van der Waals surface area (Å²) >= 11 is 0. The van der Waals surface area contributed by atoms with Crippen LogP contribution in [0.5, 0.6) is 0 Å². The zero-order chi connectivity index (χ0) is 13.5. The van der Waals surface area contributed by atoms with Crippen LogP contribution in [0.1, 0.15) is 46.5 Å². The molecule has 0 aromatic rings. The quantitative estimate of drug-likeness (QED) is 0.736. The molecule has 1 saturated heterocycles. The van der Waals surface area contributed by atoms with Crippen molar-refractivity contribution in [3.63, 3.8) is 0 Å². The molecule has 1 rings (SSSR count). The lowest BCUT2D eigenvalue weighted by Crippen LogP contribution is -2.48. The zero-order valence-corrected chi connectivity index (χ0v) is 12.0. The first-order valence-corrected chi connectivity index (χ1v) is 7.26. The summed E-state index contributed by atoms with van der Waals surface area (Å²) in [7, 11) is 0. The molecule has 4 heteroatoms. The first kappa shape index (κ1) is 15.4. The van der Waals surface area contributed by atoms with Crippen LogP contribution in [-0.2, 0) is 9.53 Å². The lowest BCUT2D eigenvalue weighted by Gasteiger charge is -2.37. The minimum absolute atomic E-state index is 0.0519. The summed E-state index contributed by atoms with van der Waals surface area (Å²) in [6, 6.07) is 0.211. The first-order valence-electron chi connectivity index (χ1n) is 7.26. The van der Waals surface area contributed by atoms with E-state index >= 15 is 0 Å². The van der Waals surface area contributed by atoms with E-state index in [1.54, 1.807) is 0 Å². The molecule has 0 aromatic heterocycles. The topological polar surface area (TPSA) is 55.6 Å². The van der Waals surface area contributed by atoms with Crippen molar-refractivity contribution in [2.45, 2.75) is 58.5 Å². The van der Waals surface area contributed by atoms with E-state index in [0.717, 1.165) is 38.8 Å². The van der Waals surface area contributed by atoms with Crippen LogP contribution in [-0.4, -0.2) is 42.6 Å². The highest BCUT2D eigenvalue weighted by Gasteiger charge is 2.30. The van der Waals surface area contributed by atoms with Gasteiger partial charge in [-0.3, -0.25) is 9.69 Å². The second kappa shape index (κ2) is 7.74. The average Bonchev–Trinajstić information content (AvgIpc) is 2.36. The number of hydrogen-bond donors (Lipinski definition) is 1. The van der Waals surface area contributed by atoms with Crippen LogP contribution in [0, 0.1) is 5.92 Å². The molecular formula is C14H28N2O2. The molecular weight excluding hydrogens is 228 g/mol. The van der Waals surface area contributed by atoms with E-state index in [0.29, 0.717) is 12.5 Å². The highest BCUT2D eigenvalue weighted by atomic mass is 16.5. The Kier molecular flexibility index (Phi) is 6.65. The van der Waals surface area contributed by atoms with Crippen molar-refractivity contribution in [3.8, 4) is 0 Å². The van der Waals surface area contributed by atoms with Crippen LogP contribution < -0.4 is 5.73 Å². The number of carbonyl (C=O) groups excluding carboxylic acids is 1. The normalized spacial score (nSPS) is 21.6. The Labute approximate surface area is 111 Å². The maximum Gasteiger partial charge on any atom is 0.323 e. The van der Waals surface area contributed by atoms with Crippen LogP contribution in [0.3, 0.4) is 0 Å². The van der Waals surface area contributed by atoms with Gasteiger partial charge in [0, 0.05) is 6.04 Å². The van der Waals surface area contributed by atoms with Crippen LogP contribution in [0.4, 0.5) is 0 Å². The number of piperidine rings is 1. The number of nitrogens with two attached hydrogens (primary N) is 1. The van der Waals surface area contributed by atoms with Gasteiger partial charge in [0.25, 0.3) is 0 Å². The molecule has 0 aliphatic carbocycles. The number of ether oxygens (including phenoxy) is 1. The molecule has 1 heterocycles. The summed E-state index contributed by atoms with van der Waals surface area (Å²) in [5.41, 5.74) is 5.94. The fraction of sp³-hybridized carbons (Fsp3) is 0.929. The molecule has 0 bridgehead atoms. The molecule has 0 saturated carbocycles. The molecule has 0 spiro atoms. The van der Waals surface area contributed by atoms with E-state index in [9.17, 15) is 4.79 Å². The van der Waals surface area contributed by atoms with Crippen LogP contribution >= 0.6 is 0 Å². The smallest absolute Gasteiger partial charge is 0.323 e. The Bertz CT molecular complexity index is 248. The highest BCUT2D eigenvalue weighted by Crippen LogP contribution is 2.23. The largest absolute Gasteiger partial charge is 0.465 e. The monoisotopic (exact) mass is 256 g/mol. The van der Waals surface area contributed by atoms with Gasteiger partial charge in [0.1, 0.15) is 6.04 Å². The van der Waals surface area contributed by atoms with Crippen molar-refractivity contribution in [1.82, 2.24) is 4.90 Å². The minimum atomic E-state index is -0.0569. The number of rotatable bonds is 6. The third kappa shape index (κ3) is 4.25. The first-order chi connectivity index (χ1) is 8.60. The molecule has 106 valence electrons. The van der Waals surface area contributed by atoms with E-state index in [4.69, 9.17) is 10.5 Å².